The molecular weight excluding hydrogens is 415 g/mol. The van der Waals surface area contributed by atoms with Crippen molar-refractivity contribution in [2.24, 2.45) is 7.05 Å². The first-order valence-electron chi connectivity index (χ1n) is 9.09. The van der Waals surface area contributed by atoms with E-state index in [1.165, 1.54) is 22.9 Å². The molecule has 1 aromatic heterocycles. The third-order valence-corrected chi connectivity index (χ3v) is 7.04. The molecule has 152 valence electrons. The first-order chi connectivity index (χ1) is 13.8. The van der Waals surface area contributed by atoms with E-state index in [9.17, 15) is 12.8 Å². The van der Waals surface area contributed by atoms with Gasteiger partial charge in [0, 0.05) is 49.0 Å². The molecule has 0 spiro atoms. The van der Waals surface area contributed by atoms with Crippen molar-refractivity contribution in [3.05, 3.63) is 77.5 Å². The summed E-state index contributed by atoms with van der Waals surface area (Å²) in [4.78, 5) is 3.99. The molecule has 2 heterocycles. The van der Waals surface area contributed by atoms with Crippen LogP contribution in [0.15, 0.2) is 66.1 Å². The van der Waals surface area contributed by atoms with Gasteiger partial charge in [-0.1, -0.05) is 29.8 Å². The van der Waals surface area contributed by atoms with Gasteiger partial charge in [0.15, 0.2) is 5.03 Å². The Morgan fingerprint density at radius 2 is 1.86 bits per heavy atom. The molecule has 0 saturated carbocycles. The minimum absolute atomic E-state index is 0.0144. The van der Waals surface area contributed by atoms with Gasteiger partial charge in [0.1, 0.15) is 5.82 Å². The van der Waals surface area contributed by atoms with Crippen molar-refractivity contribution in [1.29, 1.82) is 0 Å². The third kappa shape index (κ3) is 4.01. The Hall–Kier alpha value is -2.42. The smallest absolute Gasteiger partial charge is 0.262 e. The van der Waals surface area contributed by atoms with Gasteiger partial charge in [0.05, 0.1) is 6.33 Å². The van der Waals surface area contributed by atoms with Crippen LogP contribution in [0.2, 0.25) is 5.02 Å². The molecule has 1 aliphatic heterocycles. The lowest BCUT2D eigenvalue weighted by molar-refractivity contribution is 0.467. The number of nitrogens with one attached hydrogen (secondary N) is 1. The van der Waals surface area contributed by atoms with Crippen molar-refractivity contribution >= 4 is 27.3 Å². The first-order valence-corrected chi connectivity index (χ1v) is 10.9. The van der Waals surface area contributed by atoms with Gasteiger partial charge >= 0.3 is 0 Å². The van der Waals surface area contributed by atoms with Crippen LogP contribution in [-0.4, -0.2) is 41.4 Å². The van der Waals surface area contributed by atoms with Crippen molar-refractivity contribution in [3.63, 3.8) is 0 Å². The molecule has 0 unspecified atom stereocenters. The topological polar surface area (TPSA) is 67.2 Å². The van der Waals surface area contributed by atoms with Crippen LogP contribution in [0.4, 0.5) is 10.1 Å². The van der Waals surface area contributed by atoms with E-state index in [1.807, 2.05) is 12.1 Å². The highest BCUT2D eigenvalue weighted by molar-refractivity contribution is 7.89. The Kier molecular flexibility index (Phi) is 5.33. The largest absolute Gasteiger partial charge is 0.380 e. The number of hydrogen-bond donors (Lipinski definition) is 1. The third-order valence-electron chi connectivity index (χ3n) is 5.07. The first kappa shape index (κ1) is 19.9. The summed E-state index contributed by atoms with van der Waals surface area (Å²) in [7, 11) is -2.07. The SMILES string of the molecule is Cn1cnc(S(=O)(=O)N2C[C@H](Nc3ccc(Cl)cc3)[C@@H](c3ccccc3F)C2)c1. The lowest BCUT2D eigenvalue weighted by atomic mass is 9.93. The van der Waals surface area contributed by atoms with Crippen molar-refractivity contribution in [1.82, 2.24) is 13.9 Å². The standard InChI is InChI=1S/C20H20ClFN4O2S/c1-25-12-20(23-13-25)29(27,28)26-10-17(16-4-2-3-5-18(16)22)19(11-26)24-15-8-6-14(21)7-9-15/h2-9,12-13,17,19,24H,10-11H2,1H3/t17-,19+/m1/s1. The van der Waals surface area contributed by atoms with Crippen LogP contribution in [-0.2, 0) is 17.1 Å². The van der Waals surface area contributed by atoms with E-state index in [0.717, 1.165) is 5.69 Å². The molecule has 1 fully saturated rings. The number of anilines is 1. The molecule has 1 aliphatic rings. The zero-order valence-electron chi connectivity index (χ0n) is 15.7. The lowest BCUT2D eigenvalue weighted by Crippen LogP contribution is -2.32. The van der Waals surface area contributed by atoms with Gasteiger partial charge in [-0.2, -0.15) is 4.31 Å². The van der Waals surface area contributed by atoms with E-state index in [4.69, 9.17) is 11.6 Å². The fraction of sp³-hybridized carbons (Fsp3) is 0.250. The maximum Gasteiger partial charge on any atom is 0.262 e. The Morgan fingerprint density at radius 3 is 2.52 bits per heavy atom. The summed E-state index contributed by atoms with van der Waals surface area (Å²) >= 11 is 5.95. The summed E-state index contributed by atoms with van der Waals surface area (Å²) in [5, 5.41) is 3.93. The van der Waals surface area contributed by atoms with E-state index < -0.39 is 10.0 Å². The Labute approximate surface area is 174 Å². The highest BCUT2D eigenvalue weighted by Gasteiger charge is 2.41. The second kappa shape index (κ2) is 7.78. The number of aromatic nitrogens is 2. The number of aryl methyl sites for hydroxylation is 1. The molecule has 0 bridgehead atoms. The van der Waals surface area contributed by atoms with Crippen molar-refractivity contribution in [3.8, 4) is 0 Å². The van der Waals surface area contributed by atoms with Gasteiger partial charge in [-0.25, -0.2) is 17.8 Å². The molecular formula is C20H20ClFN4O2S. The molecule has 4 rings (SSSR count). The summed E-state index contributed by atoms with van der Waals surface area (Å²) in [6.07, 6.45) is 2.91. The molecule has 2 atom stereocenters. The average Bonchev–Trinajstić information content (AvgIpc) is 3.31. The molecule has 9 heteroatoms. The maximum absolute atomic E-state index is 14.5. The molecule has 29 heavy (non-hydrogen) atoms. The number of imidazole rings is 1. The molecule has 0 radical (unpaired) electrons. The second-order valence-corrected chi connectivity index (χ2v) is 9.41. The van der Waals surface area contributed by atoms with Crippen LogP contribution < -0.4 is 5.32 Å². The lowest BCUT2D eigenvalue weighted by Gasteiger charge is -2.21. The van der Waals surface area contributed by atoms with E-state index in [1.54, 1.807) is 41.9 Å². The summed E-state index contributed by atoms with van der Waals surface area (Å²) in [5.74, 6) is -0.706. The predicted octanol–water partition coefficient (Wildman–Crippen LogP) is 3.48. The number of sulfonamides is 1. The van der Waals surface area contributed by atoms with Gasteiger partial charge in [-0.3, -0.25) is 0 Å². The highest BCUT2D eigenvalue weighted by atomic mass is 35.5. The normalized spacial score (nSPS) is 20.1. The van der Waals surface area contributed by atoms with Crippen molar-refractivity contribution in [2.45, 2.75) is 17.0 Å². The number of rotatable bonds is 5. The fourth-order valence-corrected chi connectivity index (χ4v) is 5.20. The average molecular weight is 435 g/mol. The van der Waals surface area contributed by atoms with E-state index in [2.05, 4.69) is 10.3 Å². The van der Waals surface area contributed by atoms with E-state index in [0.29, 0.717) is 10.6 Å². The quantitative estimate of drug-likeness (QED) is 0.667. The molecule has 0 amide bonds. The minimum Gasteiger partial charge on any atom is -0.380 e. The summed E-state index contributed by atoms with van der Waals surface area (Å²) in [6, 6.07) is 13.3. The van der Waals surface area contributed by atoms with Crippen LogP contribution in [0.5, 0.6) is 0 Å². The van der Waals surface area contributed by atoms with Crippen LogP contribution in [0.1, 0.15) is 11.5 Å². The van der Waals surface area contributed by atoms with E-state index >= 15 is 0 Å². The second-order valence-electron chi connectivity index (χ2n) is 7.09. The summed E-state index contributed by atoms with van der Waals surface area (Å²) < 4.78 is 43.6. The molecule has 1 saturated heterocycles. The zero-order valence-corrected chi connectivity index (χ0v) is 17.2. The minimum atomic E-state index is -3.79. The zero-order chi connectivity index (χ0) is 20.6. The highest BCUT2D eigenvalue weighted by Crippen LogP contribution is 2.34. The molecule has 2 aromatic carbocycles. The van der Waals surface area contributed by atoms with Crippen LogP contribution in [0.25, 0.3) is 0 Å². The molecule has 1 N–H and O–H groups in total. The van der Waals surface area contributed by atoms with Gasteiger partial charge in [-0.05, 0) is 35.9 Å². The number of halogens is 2. The van der Waals surface area contributed by atoms with Gasteiger partial charge in [-0.15, -0.1) is 0 Å². The number of benzene rings is 2. The summed E-state index contributed by atoms with van der Waals surface area (Å²) in [5.41, 5.74) is 1.27. The Balaban J connectivity index is 1.67. The fourth-order valence-electron chi connectivity index (χ4n) is 3.62. The number of nitrogens with zero attached hydrogens (tertiary/aromatic N) is 3. The predicted molar refractivity (Wildman–Crippen MR) is 110 cm³/mol. The van der Waals surface area contributed by atoms with Gasteiger partial charge < -0.3 is 9.88 Å². The van der Waals surface area contributed by atoms with Gasteiger partial charge in [0.25, 0.3) is 10.0 Å². The monoisotopic (exact) mass is 434 g/mol. The Morgan fingerprint density at radius 1 is 1.14 bits per heavy atom. The van der Waals surface area contributed by atoms with E-state index in [-0.39, 0.29) is 35.9 Å². The van der Waals surface area contributed by atoms with Crippen molar-refractivity contribution in [2.75, 3.05) is 18.4 Å². The van der Waals surface area contributed by atoms with Crippen LogP contribution in [0, 0.1) is 5.82 Å². The van der Waals surface area contributed by atoms with Crippen LogP contribution >= 0.6 is 11.6 Å². The summed E-state index contributed by atoms with van der Waals surface area (Å²) in [6.45, 7) is 0.353. The maximum atomic E-state index is 14.5. The van der Waals surface area contributed by atoms with Gasteiger partial charge in [0.2, 0.25) is 0 Å². The Bertz CT molecular complexity index is 1120. The van der Waals surface area contributed by atoms with Crippen molar-refractivity contribution < 1.29 is 12.8 Å². The molecule has 3 aromatic rings. The number of hydrogen-bond acceptors (Lipinski definition) is 4. The molecule has 6 nitrogen and oxygen atoms in total. The molecule has 0 aliphatic carbocycles. The van der Waals surface area contributed by atoms with Crippen LogP contribution in [0.3, 0.4) is 0 Å².